The Morgan fingerprint density at radius 1 is 1.42 bits per heavy atom. The minimum atomic E-state index is -5.09. The molecule has 0 saturated carbocycles. The number of aryl methyl sites for hydroxylation is 1. The fraction of sp³-hybridized carbons (Fsp3) is 0.300. The zero-order valence-corrected chi connectivity index (χ0v) is 11.0. The van der Waals surface area contributed by atoms with Gasteiger partial charge in [-0.2, -0.15) is 5.26 Å². The molecule has 0 N–H and O–H groups in total. The summed E-state index contributed by atoms with van der Waals surface area (Å²) in [5.74, 6) is -0.955. The van der Waals surface area contributed by atoms with E-state index in [1.807, 2.05) is 0 Å². The van der Waals surface area contributed by atoms with Crippen molar-refractivity contribution >= 4 is 19.7 Å². The molecule has 0 saturated heterocycles. The van der Waals surface area contributed by atoms with E-state index in [0.717, 1.165) is 6.07 Å². The van der Waals surface area contributed by atoms with E-state index in [4.69, 9.17) is 15.9 Å². The quantitative estimate of drug-likeness (QED) is 0.805. The van der Waals surface area contributed by atoms with Crippen molar-refractivity contribution < 1.29 is 26.3 Å². The highest BCUT2D eigenvalue weighted by Gasteiger charge is 2.36. The van der Waals surface area contributed by atoms with Crippen molar-refractivity contribution in [3.8, 4) is 11.8 Å². The number of hydrogen-bond acceptors (Lipinski definition) is 4. The fourth-order valence-corrected chi connectivity index (χ4v) is 2.67. The summed E-state index contributed by atoms with van der Waals surface area (Å²) in [5, 5.41) is 8.76. The molecule has 0 heterocycles. The molecule has 0 aromatic heterocycles. The number of rotatable bonds is 3. The van der Waals surface area contributed by atoms with Gasteiger partial charge in [-0.3, -0.25) is 0 Å². The molecule has 0 unspecified atom stereocenters. The van der Waals surface area contributed by atoms with Crippen LogP contribution < -0.4 is 4.74 Å². The molecule has 1 aromatic rings. The van der Waals surface area contributed by atoms with Gasteiger partial charge in [-0.25, -0.2) is 8.42 Å². The van der Waals surface area contributed by atoms with Gasteiger partial charge in [0, 0.05) is 10.7 Å². The Balaban J connectivity index is 3.69. The minimum absolute atomic E-state index is 0.0180. The van der Waals surface area contributed by atoms with Gasteiger partial charge in [-0.05, 0) is 18.1 Å². The van der Waals surface area contributed by atoms with Gasteiger partial charge in [0.15, 0.2) is 5.75 Å². The largest absolute Gasteiger partial charge is 0.573 e. The van der Waals surface area contributed by atoms with Crippen LogP contribution in [0.3, 0.4) is 0 Å². The lowest BCUT2D eigenvalue weighted by molar-refractivity contribution is -0.275. The Kier molecular flexibility index (Phi) is 4.32. The van der Waals surface area contributed by atoms with Crippen LogP contribution in [0.4, 0.5) is 13.2 Å². The van der Waals surface area contributed by atoms with Gasteiger partial charge < -0.3 is 4.74 Å². The van der Waals surface area contributed by atoms with E-state index in [-0.39, 0.29) is 12.0 Å². The summed E-state index contributed by atoms with van der Waals surface area (Å²) in [4.78, 5) is -0.964. The number of nitriles is 1. The second-order valence-corrected chi connectivity index (χ2v) is 5.88. The molecule has 0 aliphatic heterocycles. The van der Waals surface area contributed by atoms with Crippen LogP contribution in [0.1, 0.15) is 18.1 Å². The molecule has 0 aliphatic carbocycles. The van der Waals surface area contributed by atoms with Gasteiger partial charge in [0.25, 0.3) is 9.05 Å². The molecule has 1 rings (SSSR count). The Morgan fingerprint density at radius 2 is 2.00 bits per heavy atom. The second kappa shape index (κ2) is 5.27. The van der Waals surface area contributed by atoms with E-state index in [0.29, 0.717) is 0 Å². The Labute approximate surface area is 111 Å². The maximum atomic E-state index is 12.3. The molecule has 4 nitrogen and oxygen atoms in total. The van der Waals surface area contributed by atoms with Crippen LogP contribution in [0.25, 0.3) is 0 Å². The Morgan fingerprint density at radius 3 is 2.37 bits per heavy atom. The maximum Gasteiger partial charge on any atom is 0.573 e. The minimum Gasteiger partial charge on any atom is -0.404 e. The van der Waals surface area contributed by atoms with Gasteiger partial charge in [0.2, 0.25) is 0 Å². The molecular weight excluding hydrogens is 307 g/mol. The molecule has 0 fully saturated rings. The molecule has 0 radical (unpaired) electrons. The van der Waals surface area contributed by atoms with Gasteiger partial charge in [-0.1, -0.05) is 13.0 Å². The van der Waals surface area contributed by atoms with Crippen LogP contribution in [0.5, 0.6) is 5.75 Å². The van der Waals surface area contributed by atoms with E-state index in [2.05, 4.69) is 4.74 Å². The van der Waals surface area contributed by atoms with Gasteiger partial charge in [0.05, 0.1) is 5.56 Å². The Bertz CT molecular complexity index is 635. The molecule has 0 atom stereocenters. The van der Waals surface area contributed by atoms with Crippen LogP contribution in [-0.2, 0) is 15.5 Å². The number of benzene rings is 1. The summed E-state index contributed by atoms with van der Waals surface area (Å²) in [7, 11) is 0.523. The molecule has 0 aliphatic rings. The van der Waals surface area contributed by atoms with Crippen LogP contribution >= 0.6 is 10.7 Å². The third-order valence-corrected chi connectivity index (χ3v) is 3.51. The standard InChI is InChI=1S/C10H7ClF3NO3S/c1-2-6-3-4-7(5-15)9(19(11,16)17)8(6)18-10(12,13)14/h3-4H,2H2,1H3. The van der Waals surface area contributed by atoms with E-state index in [1.165, 1.54) is 19.1 Å². The van der Waals surface area contributed by atoms with Crippen molar-refractivity contribution in [2.24, 2.45) is 0 Å². The van der Waals surface area contributed by atoms with Crippen molar-refractivity contribution in [2.75, 3.05) is 0 Å². The predicted octanol–water partition coefficient (Wildman–Crippen LogP) is 2.95. The van der Waals surface area contributed by atoms with Crippen molar-refractivity contribution in [2.45, 2.75) is 24.6 Å². The number of halogens is 4. The molecule has 104 valence electrons. The lowest BCUT2D eigenvalue weighted by atomic mass is 10.1. The first kappa shape index (κ1) is 15.6. The van der Waals surface area contributed by atoms with Gasteiger partial charge >= 0.3 is 6.36 Å². The SMILES string of the molecule is CCc1ccc(C#N)c(S(=O)(=O)Cl)c1OC(F)(F)F. The van der Waals surface area contributed by atoms with Crippen LogP contribution in [0, 0.1) is 11.3 Å². The van der Waals surface area contributed by atoms with E-state index in [1.54, 1.807) is 0 Å². The summed E-state index contributed by atoms with van der Waals surface area (Å²) < 4.78 is 63.4. The number of ether oxygens (including phenoxy) is 1. The Hall–Kier alpha value is -1.46. The number of nitrogens with zero attached hydrogens (tertiary/aromatic N) is 1. The first-order valence-electron chi connectivity index (χ1n) is 4.86. The third-order valence-electron chi connectivity index (χ3n) is 2.16. The first-order valence-corrected chi connectivity index (χ1v) is 7.17. The number of alkyl halides is 3. The van der Waals surface area contributed by atoms with Crippen LogP contribution in [0.2, 0.25) is 0 Å². The zero-order chi connectivity index (χ0) is 14.8. The second-order valence-electron chi connectivity index (χ2n) is 3.38. The average molecular weight is 314 g/mol. The van der Waals surface area contributed by atoms with Gasteiger partial charge in [-0.15, -0.1) is 13.2 Å². The van der Waals surface area contributed by atoms with Crippen molar-refractivity contribution in [1.82, 2.24) is 0 Å². The van der Waals surface area contributed by atoms with Crippen LogP contribution in [0.15, 0.2) is 17.0 Å². The van der Waals surface area contributed by atoms with Gasteiger partial charge in [0.1, 0.15) is 11.0 Å². The smallest absolute Gasteiger partial charge is 0.404 e. The first-order chi connectivity index (χ1) is 8.60. The number of hydrogen-bond donors (Lipinski definition) is 0. The monoisotopic (exact) mass is 313 g/mol. The summed E-state index contributed by atoms with van der Waals surface area (Å²) >= 11 is 0. The molecular formula is C10H7ClF3NO3S. The lowest BCUT2D eigenvalue weighted by Gasteiger charge is -2.16. The normalized spacial score (nSPS) is 12.0. The van der Waals surface area contributed by atoms with E-state index in [9.17, 15) is 21.6 Å². The molecule has 0 bridgehead atoms. The molecule has 0 spiro atoms. The summed E-state index contributed by atoms with van der Waals surface area (Å²) in [6.07, 6.45) is -5.01. The molecule has 19 heavy (non-hydrogen) atoms. The topological polar surface area (TPSA) is 67.2 Å². The van der Waals surface area contributed by atoms with Crippen LogP contribution in [-0.4, -0.2) is 14.8 Å². The van der Waals surface area contributed by atoms with Crippen molar-refractivity contribution in [1.29, 1.82) is 5.26 Å². The highest BCUT2D eigenvalue weighted by Crippen LogP contribution is 2.37. The molecule has 9 heteroatoms. The summed E-state index contributed by atoms with van der Waals surface area (Å²) in [6.45, 7) is 1.51. The fourth-order valence-electron chi connectivity index (χ4n) is 1.44. The molecule has 0 amide bonds. The van der Waals surface area contributed by atoms with E-state index < -0.39 is 31.6 Å². The highest BCUT2D eigenvalue weighted by molar-refractivity contribution is 8.13. The zero-order valence-electron chi connectivity index (χ0n) is 9.45. The van der Waals surface area contributed by atoms with E-state index >= 15 is 0 Å². The predicted molar refractivity (Wildman–Crippen MR) is 60.3 cm³/mol. The highest BCUT2D eigenvalue weighted by atomic mass is 35.7. The average Bonchev–Trinajstić information content (AvgIpc) is 2.24. The summed E-state index contributed by atoms with van der Waals surface area (Å²) in [6, 6.07) is 3.74. The lowest BCUT2D eigenvalue weighted by Crippen LogP contribution is -2.20. The molecule has 1 aromatic carbocycles. The van der Waals surface area contributed by atoms with Crippen molar-refractivity contribution in [3.05, 3.63) is 23.3 Å². The third kappa shape index (κ3) is 3.75. The maximum absolute atomic E-state index is 12.3. The summed E-state index contributed by atoms with van der Waals surface area (Å²) in [5.41, 5.74) is -0.526. The van der Waals surface area contributed by atoms with Crippen molar-refractivity contribution in [3.63, 3.8) is 0 Å².